The van der Waals surface area contributed by atoms with Crippen molar-refractivity contribution in [2.24, 2.45) is 0 Å². The van der Waals surface area contributed by atoms with Gasteiger partial charge in [-0.15, -0.1) is 0 Å². The van der Waals surface area contributed by atoms with E-state index in [1.807, 2.05) is 18.2 Å². The fraction of sp³-hybridized carbons (Fsp3) is 0.286. The van der Waals surface area contributed by atoms with Crippen LogP contribution in [0.4, 0.5) is 5.00 Å². The number of hydrogen-bond acceptors (Lipinski definition) is 5. The maximum atomic E-state index is 9.18. The van der Waals surface area contributed by atoms with Crippen molar-refractivity contribution in [1.82, 2.24) is 4.37 Å². The Morgan fingerprint density at radius 3 is 2.95 bits per heavy atom. The number of morpholine rings is 1. The zero-order valence-electron chi connectivity index (χ0n) is 10.6. The van der Waals surface area contributed by atoms with Crippen molar-refractivity contribution in [2.45, 2.75) is 6.10 Å². The van der Waals surface area contributed by atoms with E-state index in [2.05, 4.69) is 27.5 Å². The van der Waals surface area contributed by atoms with Gasteiger partial charge in [0.05, 0.1) is 6.61 Å². The van der Waals surface area contributed by atoms with E-state index in [1.54, 1.807) is 0 Å². The Hall–Kier alpha value is -1.61. The number of benzene rings is 1. The molecule has 1 fully saturated rings. The molecule has 1 aromatic heterocycles. The average molecular weight is 306 g/mol. The van der Waals surface area contributed by atoms with E-state index in [0.717, 1.165) is 17.1 Å². The SMILES string of the molecule is N#Cc1c(Cl)nsc1N1CCO[C@@H](c2ccccc2)C1. The predicted octanol–water partition coefficient (Wildman–Crippen LogP) is 3.25. The van der Waals surface area contributed by atoms with E-state index in [4.69, 9.17) is 16.3 Å². The summed E-state index contributed by atoms with van der Waals surface area (Å²) in [5, 5.41) is 10.3. The molecule has 1 atom stereocenters. The monoisotopic (exact) mass is 305 g/mol. The number of nitrogens with zero attached hydrogens (tertiary/aromatic N) is 3. The molecule has 0 saturated carbocycles. The predicted molar refractivity (Wildman–Crippen MR) is 79.2 cm³/mol. The van der Waals surface area contributed by atoms with Gasteiger partial charge in [-0.1, -0.05) is 41.9 Å². The van der Waals surface area contributed by atoms with Gasteiger partial charge in [-0.2, -0.15) is 9.64 Å². The summed E-state index contributed by atoms with van der Waals surface area (Å²) in [5.41, 5.74) is 1.61. The first-order chi connectivity index (χ1) is 9.79. The first kappa shape index (κ1) is 13.4. The van der Waals surface area contributed by atoms with E-state index in [9.17, 15) is 5.26 Å². The summed E-state index contributed by atoms with van der Waals surface area (Å²) in [6.45, 7) is 2.08. The molecule has 0 amide bonds. The van der Waals surface area contributed by atoms with Gasteiger partial charge in [0.25, 0.3) is 0 Å². The van der Waals surface area contributed by atoms with Crippen LogP contribution < -0.4 is 4.90 Å². The molecule has 102 valence electrons. The molecule has 4 nitrogen and oxygen atoms in total. The number of nitriles is 1. The van der Waals surface area contributed by atoms with Crippen LogP contribution in [0.5, 0.6) is 0 Å². The van der Waals surface area contributed by atoms with Gasteiger partial charge in [0.15, 0.2) is 5.15 Å². The molecule has 2 heterocycles. The smallest absolute Gasteiger partial charge is 0.162 e. The minimum absolute atomic E-state index is 0.0115. The highest BCUT2D eigenvalue weighted by Gasteiger charge is 2.26. The maximum Gasteiger partial charge on any atom is 0.162 e. The molecule has 1 aromatic carbocycles. The lowest BCUT2D eigenvalue weighted by Crippen LogP contribution is -2.38. The van der Waals surface area contributed by atoms with Crippen LogP contribution in [-0.4, -0.2) is 24.1 Å². The third-order valence-corrected chi connectivity index (χ3v) is 4.55. The van der Waals surface area contributed by atoms with Crippen LogP contribution in [0.15, 0.2) is 30.3 Å². The average Bonchev–Trinajstić information content (AvgIpc) is 2.89. The summed E-state index contributed by atoms with van der Waals surface area (Å²) in [6, 6.07) is 12.2. The van der Waals surface area contributed by atoms with Crippen molar-refractivity contribution >= 4 is 28.1 Å². The third kappa shape index (κ3) is 2.50. The van der Waals surface area contributed by atoms with Crippen LogP contribution in [0.25, 0.3) is 0 Å². The fourth-order valence-corrected chi connectivity index (χ4v) is 3.34. The number of anilines is 1. The van der Waals surface area contributed by atoms with Crippen molar-refractivity contribution in [3.8, 4) is 6.07 Å². The van der Waals surface area contributed by atoms with Crippen LogP contribution >= 0.6 is 23.1 Å². The first-order valence-electron chi connectivity index (χ1n) is 6.26. The van der Waals surface area contributed by atoms with Crippen molar-refractivity contribution in [3.63, 3.8) is 0 Å². The zero-order chi connectivity index (χ0) is 13.9. The Kier molecular flexibility index (Phi) is 3.88. The van der Waals surface area contributed by atoms with Gasteiger partial charge in [0.2, 0.25) is 0 Å². The van der Waals surface area contributed by atoms with Crippen molar-refractivity contribution in [2.75, 3.05) is 24.6 Å². The lowest BCUT2D eigenvalue weighted by atomic mass is 10.1. The summed E-state index contributed by atoms with van der Waals surface area (Å²) in [5.74, 6) is 0. The largest absolute Gasteiger partial charge is 0.370 e. The summed E-state index contributed by atoms with van der Waals surface area (Å²) < 4.78 is 9.89. The quantitative estimate of drug-likeness (QED) is 0.854. The van der Waals surface area contributed by atoms with Crippen molar-refractivity contribution in [3.05, 3.63) is 46.6 Å². The number of rotatable bonds is 2. The number of aromatic nitrogens is 1. The van der Waals surface area contributed by atoms with Gasteiger partial charge in [-0.05, 0) is 17.1 Å². The minimum atomic E-state index is 0.0115. The van der Waals surface area contributed by atoms with E-state index in [0.29, 0.717) is 18.7 Å². The molecule has 1 aliphatic rings. The van der Waals surface area contributed by atoms with Crippen molar-refractivity contribution in [1.29, 1.82) is 5.26 Å². The summed E-state index contributed by atoms with van der Waals surface area (Å²) in [4.78, 5) is 2.13. The van der Waals surface area contributed by atoms with E-state index < -0.39 is 0 Å². The van der Waals surface area contributed by atoms with Gasteiger partial charge >= 0.3 is 0 Å². The van der Waals surface area contributed by atoms with Gasteiger partial charge in [0.1, 0.15) is 22.7 Å². The summed E-state index contributed by atoms with van der Waals surface area (Å²) >= 11 is 7.21. The molecule has 1 saturated heterocycles. The van der Waals surface area contributed by atoms with Gasteiger partial charge in [0, 0.05) is 13.1 Å². The molecule has 20 heavy (non-hydrogen) atoms. The Morgan fingerprint density at radius 1 is 1.40 bits per heavy atom. The van der Waals surface area contributed by atoms with Gasteiger partial charge < -0.3 is 9.64 Å². The van der Waals surface area contributed by atoms with Crippen LogP contribution in [0, 0.1) is 11.3 Å². The molecule has 1 aliphatic heterocycles. The Morgan fingerprint density at radius 2 is 2.20 bits per heavy atom. The highest BCUT2D eigenvalue weighted by Crippen LogP contribution is 2.34. The molecular weight excluding hydrogens is 294 g/mol. The zero-order valence-corrected chi connectivity index (χ0v) is 12.2. The van der Waals surface area contributed by atoms with Gasteiger partial charge in [-0.3, -0.25) is 0 Å². The van der Waals surface area contributed by atoms with Crippen LogP contribution in [-0.2, 0) is 4.74 Å². The second kappa shape index (κ2) is 5.80. The lowest BCUT2D eigenvalue weighted by molar-refractivity contribution is 0.0400. The molecule has 0 aliphatic carbocycles. The summed E-state index contributed by atoms with van der Waals surface area (Å²) in [6.07, 6.45) is 0.0115. The molecule has 0 radical (unpaired) electrons. The molecule has 0 unspecified atom stereocenters. The topological polar surface area (TPSA) is 49.2 Å². The second-order valence-electron chi connectivity index (χ2n) is 4.48. The first-order valence-corrected chi connectivity index (χ1v) is 7.41. The highest BCUT2D eigenvalue weighted by molar-refractivity contribution is 7.10. The minimum Gasteiger partial charge on any atom is -0.370 e. The Balaban J connectivity index is 1.84. The summed E-state index contributed by atoms with van der Waals surface area (Å²) in [7, 11) is 0. The Bertz CT molecular complexity index is 638. The molecular formula is C14H12ClN3OS. The number of ether oxygens (including phenoxy) is 1. The lowest BCUT2D eigenvalue weighted by Gasteiger charge is -2.33. The van der Waals surface area contributed by atoms with Crippen LogP contribution in [0.1, 0.15) is 17.2 Å². The standard InChI is InChI=1S/C14H12ClN3OS/c15-13-11(8-16)14(20-17-13)18-6-7-19-12(9-18)10-4-2-1-3-5-10/h1-5,12H,6-7,9H2/t12-/m1/s1. The van der Waals surface area contributed by atoms with E-state index in [1.165, 1.54) is 11.5 Å². The normalized spacial score (nSPS) is 18.8. The Labute approximate surface area is 126 Å². The molecule has 3 rings (SSSR count). The van der Waals surface area contributed by atoms with Gasteiger partial charge in [-0.25, -0.2) is 0 Å². The molecule has 2 aromatic rings. The van der Waals surface area contributed by atoms with Crippen LogP contribution in [0.2, 0.25) is 5.15 Å². The number of halogens is 1. The van der Waals surface area contributed by atoms with Crippen LogP contribution in [0.3, 0.4) is 0 Å². The molecule has 0 bridgehead atoms. The third-order valence-electron chi connectivity index (χ3n) is 3.27. The fourth-order valence-electron chi connectivity index (χ4n) is 2.28. The van der Waals surface area contributed by atoms with E-state index in [-0.39, 0.29) is 11.3 Å². The second-order valence-corrected chi connectivity index (χ2v) is 5.59. The molecule has 0 spiro atoms. The maximum absolute atomic E-state index is 9.18. The molecule has 0 N–H and O–H groups in total. The van der Waals surface area contributed by atoms with E-state index >= 15 is 0 Å². The highest BCUT2D eigenvalue weighted by atomic mass is 35.5. The van der Waals surface area contributed by atoms with Crippen molar-refractivity contribution < 1.29 is 4.74 Å². The number of hydrogen-bond donors (Lipinski definition) is 0. The molecule has 6 heteroatoms.